The molecule has 230 valence electrons. The molecule has 0 unspecified atom stereocenters. The molecule has 0 atom stereocenters. The van der Waals surface area contributed by atoms with Gasteiger partial charge < -0.3 is 29.6 Å². The third kappa shape index (κ3) is 4.06. The van der Waals surface area contributed by atoms with Gasteiger partial charge in [-0.1, -0.05) is 97.1 Å². The number of fused-ring (bicyclic) bond motifs is 20. The van der Waals surface area contributed by atoms with Crippen LogP contribution in [0.2, 0.25) is 0 Å². The van der Waals surface area contributed by atoms with E-state index in [-0.39, 0.29) is 0 Å². The van der Waals surface area contributed by atoms with Gasteiger partial charge in [-0.05, 0) is 12.1 Å². The Hall–Kier alpha value is -6.68. The van der Waals surface area contributed by atoms with Gasteiger partial charge in [0.25, 0.3) is 0 Å². The van der Waals surface area contributed by atoms with Crippen LogP contribution in [0.25, 0.3) is 43.1 Å². The molecule has 4 aromatic heterocycles. The Balaban J connectivity index is 1.35. The second kappa shape index (κ2) is 10.2. The topological polar surface area (TPSA) is 125 Å². The average Bonchev–Trinajstić information content (AvgIpc) is 3.85. The lowest BCUT2D eigenvalue weighted by Gasteiger charge is -2.23. The summed E-state index contributed by atoms with van der Waals surface area (Å²) in [6.45, 7) is 0.762. The molecule has 10 rings (SSSR count). The molecule has 2 aliphatic heterocycles. The van der Waals surface area contributed by atoms with E-state index in [0.29, 0.717) is 51.0 Å². The largest absolute Gasteiger partial charge is 0.440 e. The zero-order valence-electron chi connectivity index (χ0n) is 25.7. The van der Waals surface area contributed by atoms with Crippen molar-refractivity contribution in [2.45, 2.75) is 0 Å². The number of nitrogens with one attached hydrogen (secondary N) is 4. The predicted molar refractivity (Wildman–Crippen MR) is 187 cm³/mol. The fraction of sp³-hybridized carbons (Fsp3) is 0.0526. The lowest BCUT2D eigenvalue weighted by molar-refractivity contribution is 0.264. The van der Waals surface area contributed by atoms with Crippen molar-refractivity contribution in [2.24, 2.45) is 20.0 Å². The van der Waals surface area contributed by atoms with Crippen LogP contribution in [0.1, 0.15) is 0 Å². The van der Waals surface area contributed by atoms with Gasteiger partial charge in [-0.2, -0.15) is 0 Å². The summed E-state index contributed by atoms with van der Waals surface area (Å²) in [6, 6.07) is 30.4. The molecule has 10 nitrogen and oxygen atoms in total. The summed E-state index contributed by atoms with van der Waals surface area (Å²) in [4.78, 5) is 36.8. The highest BCUT2D eigenvalue weighted by atomic mass is 16.5. The van der Waals surface area contributed by atoms with Gasteiger partial charge in [-0.15, -0.1) is 0 Å². The fourth-order valence-electron chi connectivity index (χ4n) is 6.69. The maximum Gasteiger partial charge on any atom is 0.196 e. The van der Waals surface area contributed by atoms with Crippen molar-refractivity contribution in [3.05, 3.63) is 137 Å². The van der Waals surface area contributed by atoms with E-state index in [9.17, 15) is 0 Å². The van der Waals surface area contributed by atoms with Gasteiger partial charge in [-0.3, -0.25) is 0 Å². The molecule has 0 amide bonds. The predicted octanol–water partition coefficient (Wildman–Crippen LogP) is 6.45. The molecule has 2 aliphatic rings. The van der Waals surface area contributed by atoms with Crippen molar-refractivity contribution in [1.29, 1.82) is 0 Å². The van der Waals surface area contributed by atoms with Crippen molar-refractivity contribution in [2.75, 3.05) is 13.6 Å². The molecule has 48 heavy (non-hydrogen) atoms. The lowest BCUT2D eigenvalue weighted by Crippen LogP contribution is -2.23. The molecule has 4 N–H and O–H groups in total. The van der Waals surface area contributed by atoms with Gasteiger partial charge in [0, 0.05) is 51.3 Å². The van der Waals surface area contributed by atoms with Crippen LogP contribution in [0, 0.1) is 0 Å². The zero-order chi connectivity index (χ0) is 31.8. The van der Waals surface area contributed by atoms with Crippen LogP contribution < -0.4 is 26.7 Å². The highest BCUT2D eigenvalue weighted by Gasteiger charge is 2.19. The summed E-state index contributed by atoms with van der Waals surface area (Å²) in [5, 5.41) is 7.45. The van der Waals surface area contributed by atoms with E-state index in [4.69, 9.17) is 24.7 Å². The van der Waals surface area contributed by atoms with Crippen LogP contribution in [-0.2, 0) is 0 Å². The number of nitrogens with zero attached hydrogens (tertiary/aromatic N) is 5. The molecule has 10 heteroatoms. The molecule has 0 radical (unpaired) electrons. The number of likely N-dealkylation sites (N-methyl/N-ethyl adjacent to an activating group) is 1. The monoisotopic (exact) mass is 625 g/mol. The maximum absolute atomic E-state index is 6.57. The van der Waals surface area contributed by atoms with Crippen LogP contribution in [0.3, 0.4) is 0 Å². The molecule has 8 bridgehead atoms. The quantitative estimate of drug-likeness (QED) is 0.176. The van der Waals surface area contributed by atoms with E-state index in [1.807, 2.05) is 73.8 Å². The van der Waals surface area contributed by atoms with Crippen molar-refractivity contribution in [3.8, 4) is 5.75 Å². The summed E-state index contributed by atoms with van der Waals surface area (Å²) >= 11 is 0. The van der Waals surface area contributed by atoms with Gasteiger partial charge in [0.15, 0.2) is 5.88 Å². The molecule has 6 heterocycles. The summed E-state index contributed by atoms with van der Waals surface area (Å²) in [7, 11) is 2.01. The minimum Gasteiger partial charge on any atom is -0.440 e. The third-order valence-electron chi connectivity index (χ3n) is 9.02. The molecular weight excluding hydrogens is 598 g/mol. The molecule has 4 aromatic carbocycles. The first-order valence-electron chi connectivity index (χ1n) is 15.8. The number of ether oxygens (including phenoxy) is 1. The normalized spacial score (nSPS) is 14.1. The standard InChI is InChI=1S/C38H27N9O/c1-47-20-9-8-19-29(47)48-28-18-10-17-27-30(28)38-45-36-26-16-7-6-15-25(26)34(43-36)41-32-22-12-3-2-11-21(22)31(39-32)40-33-23-13-4-5-14-24(23)35(42-33)44-37(27)46-38/h2-19H,20H2,1H3,(H4,39,40,41,42,43,44,45,46). The van der Waals surface area contributed by atoms with Gasteiger partial charge in [0.2, 0.25) is 0 Å². The SMILES string of the molecule is CN1CC=CC=C1Oc1cccc2c3[nH]c(c12)N=c1[nH]c(c2ccccc12)=Nc1[nH]c(c2ccccc12)N=c1[nH]c(c2ccccc12)=N3. The average molecular weight is 626 g/mol. The molecule has 0 spiro atoms. The maximum atomic E-state index is 6.57. The Kier molecular flexibility index (Phi) is 5.62. The van der Waals surface area contributed by atoms with Crippen molar-refractivity contribution in [1.82, 2.24) is 24.8 Å². The van der Waals surface area contributed by atoms with Gasteiger partial charge in [0.05, 0.1) is 5.39 Å². The smallest absolute Gasteiger partial charge is 0.196 e. The van der Waals surface area contributed by atoms with E-state index in [0.717, 1.165) is 55.5 Å². The van der Waals surface area contributed by atoms with Crippen molar-refractivity contribution < 1.29 is 4.74 Å². The number of benzene rings is 4. The molecule has 8 aromatic rings. The number of rotatable bonds is 2. The lowest BCUT2D eigenvalue weighted by atomic mass is 10.2. The summed E-state index contributed by atoms with van der Waals surface area (Å²) in [5.41, 5.74) is 2.75. The minimum absolute atomic E-state index is 0.619. The first-order chi connectivity index (χ1) is 23.7. The first-order valence-corrected chi connectivity index (χ1v) is 15.8. The van der Waals surface area contributed by atoms with E-state index in [2.05, 4.69) is 67.3 Å². The Morgan fingerprint density at radius 2 is 0.979 bits per heavy atom. The number of aromatic amines is 4. The Morgan fingerprint density at radius 1 is 0.521 bits per heavy atom. The number of hydrogen-bond acceptors (Lipinski definition) is 6. The summed E-state index contributed by atoms with van der Waals surface area (Å²) < 4.78 is 6.57. The second-order valence-electron chi connectivity index (χ2n) is 12.0. The molecule has 0 saturated heterocycles. The van der Waals surface area contributed by atoms with E-state index in [1.54, 1.807) is 0 Å². The van der Waals surface area contributed by atoms with Crippen molar-refractivity contribution in [3.63, 3.8) is 0 Å². The van der Waals surface area contributed by atoms with Gasteiger partial charge >= 0.3 is 0 Å². The second-order valence-corrected chi connectivity index (χ2v) is 12.0. The Morgan fingerprint density at radius 3 is 1.52 bits per heavy atom. The van der Waals surface area contributed by atoms with Crippen LogP contribution in [0.5, 0.6) is 5.75 Å². The zero-order valence-corrected chi connectivity index (χ0v) is 25.7. The van der Waals surface area contributed by atoms with E-state index >= 15 is 0 Å². The number of allylic oxidation sites excluding steroid dienone is 2. The van der Waals surface area contributed by atoms with Gasteiger partial charge in [-0.25, -0.2) is 20.0 Å². The van der Waals surface area contributed by atoms with E-state index < -0.39 is 0 Å². The highest BCUT2D eigenvalue weighted by molar-refractivity contribution is 6.04. The summed E-state index contributed by atoms with van der Waals surface area (Å²) in [6.07, 6.45) is 6.07. The number of hydrogen-bond donors (Lipinski definition) is 4. The minimum atomic E-state index is 0.619. The van der Waals surface area contributed by atoms with Crippen LogP contribution in [0.15, 0.2) is 135 Å². The Labute approximate surface area is 271 Å². The van der Waals surface area contributed by atoms with Crippen LogP contribution in [0.4, 0.5) is 23.3 Å². The number of aromatic nitrogens is 4. The summed E-state index contributed by atoms with van der Waals surface area (Å²) in [5.74, 6) is 4.11. The first kappa shape index (κ1) is 26.5. The molecule has 0 fully saturated rings. The molecule has 0 saturated carbocycles. The van der Waals surface area contributed by atoms with Gasteiger partial charge in [0.1, 0.15) is 51.0 Å². The third-order valence-corrected chi connectivity index (χ3v) is 9.02. The molecule has 0 aliphatic carbocycles. The van der Waals surface area contributed by atoms with Crippen LogP contribution in [-0.4, -0.2) is 38.4 Å². The van der Waals surface area contributed by atoms with E-state index in [1.165, 1.54) is 0 Å². The van der Waals surface area contributed by atoms with Crippen LogP contribution >= 0.6 is 0 Å². The molecular formula is C38H27N9O. The fourth-order valence-corrected chi connectivity index (χ4v) is 6.69. The Bertz CT molecular complexity index is 2930. The van der Waals surface area contributed by atoms with Crippen molar-refractivity contribution >= 4 is 66.4 Å². The number of H-pyrrole nitrogens is 4. The highest BCUT2D eigenvalue weighted by Crippen LogP contribution is 2.41.